The van der Waals surface area contributed by atoms with Gasteiger partial charge < -0.3 is 10.6 Å². The topological polar surface area (TPSA) is 70.6 Å². The molecule has 0 aliphatic carbocycles. The molecule has 1 atom stereocenters. The highest BCUT2D eigenvalue weighted by Gasteiger charge is 2.32. The molecular formula is C18H14Cl3N3O2S. The van der Waals surface area contributed by atoms with Crippen LogP contribution in [0, 0.1) is 6.92 Å². The van der Waals surface area contributed by atoms with Crippen molar-refractivity contribution >= 4 is 74.9 Å². The Morgan fingerprint density at radius 3 is 2.59 bits per heavy atom. The molecule has 1 fully saturated rings. The Labute approximate surface area is 175 Å². The first kappa shape index (κ1) is 20.0. The summed E-state index contributed by atoms with van der Waals surface area (Å²) in [6, 6.07) is 10.1. The molecule has 0 aromatic heterocycles. The van der Waals surface area contributed by atoms with Gasteiger partial charge >= 0.3 is 0 Å². The minimum Gasteiger partial charge on any atom is -0.325 e. The minimum absolute atomic E-state index is 0.00588. The van der Waals surface area contributed by atoms with E-state index in [-0.39, 0.29) is 18.2 Å². The van der Waals surface area contributed by atoms with Crippen LogP contribution in [-0.2, 0) is 9.59 Å². The Balaban J connectivity index is 1.65. The van der Waals surface area contributed by atoms with Crippen molar-refractivity contribution < 1.29 is 9.59 Å². The van der Waals surface area contributed by atoms with Crippen LogP contribution in [0.3, 0.4) is 0 Å². The summed E-state index contributed by atoms with van der Waals surface area (Å²) in [6.07, 6.45) is -0.00588. The Morgan fingerprint density at radius 2 is 1.89 bits per heavy atom. The standard InChI is InChI=1S/C18H14Cl3N3O2S/c1-9-6-10(19)2-4-13(9)23-18-24-17(26)15(27-18)8-16(25)22-14-5-3-11(20)7-12(14)21/h2-7,15H,8H2,1H3,(H,22,25)(H,23,24,26)/t15-/m0/s1. The van der Waals surface area contributed by atoms with Crippen LogP contribution in [0.2, 0.25) is 15.1 Å². The Morgan fingerprint density at radius 1 is 1.19 bits per heavy atom. The molecule has 0 spiro atoms. The number of rotatable bonds is 4. The lowest BCUT2D eigenvalue weighted by Gasteiger charge is -2.09. The van der Waals surface area contributed by atoms with E-state index in [1.807, 2.05) is 6.92 Å². The second kappa shape index (κ2) is 8.52. The number of thioether (sulfide) groups is 1. The minimum atomic E-state index is -0.567. The van der Waals surface area contributed by atoms with Gasteiger partial charge in [0.2, 0.25) is 11.8 Å². The molecule has 140 valence electrons. The second-order valence-corrected chi connectivity index (χ2v) is 8.29. The summed E-state index contributed by atoms with van der Waals surface area (Å²) < 4.78 is 0. The first-order valence-corrected chi connectivity index (χ1v) is 9.90. The number of hydrogen-bond donors (Lipinski definition) is 2. The van der Waals surface area contributed by atoms with Crippen LogP contribution in [0.1, 0.15) is 12.0 Å². The Bertz CT molecular complexity index is 949. The number of halogens is 3. The van der Waals surface area contributed by atoms with Gasteiger partial charge in [-0.3, -0.25) is 9.59 Å². The molecule has 1 heterocycles. The van der Waals surface area contributed by atoms with E-state index < -0.39 is 5.25 Å². The number of hydrogen-bond acceptors (Lipinski definition) is 4. The second-order valence-electron chi connectivity index (χ2n) is 5.82. The van der Waals surface area contributed by atoms with E-state index in [4.69, 9.17) is 34.8 Å². The van der Waals surface area contributed by atoms with E-state index in [0.29, 0.717) is 31.6 Å². The highest BCUT2D eigenvalue weighted by atomic mass is 35.5. The van der Waals surface area contributed by atoms with Crippen LogP contribution in [0.5, 0.6) is 0 Å². The molecule has 1 aliphatic heterocycles. The lowest BCUT2D eigenvalue weighted by atomic mass is 10.2. The van der Waals surface area contributed by atoms with E-state index in [0.717, 1.165) is 5.56 Å². The first-order chi connectivity index (χ1) is 12.8. The lowest BCUT2D eigenvalue weighted by molar-refractivity contribution is -0.122. The summed E-state index contributed by atoms with van der Waals surface area (Å²) in [5.41, 5.74) is 2.05. The predicted molar refractivity (Wildman–Crippen MR) is 113 cm³/mol. The average molecular weight is 443 g/mol. The number of nitrogens with one attached hydrogen (secondary N) is 2. The van der Waals surface area contributed by atoms with Crippen LogP contribution in [0.15, 0.2) is 41.4 Å². The highest BCUT2D eigenvalue weighted by Crippen LogP contribution is 2.29. The molecule has 1 saturated heterocycles. The number of benzene rings is 2. The molecule has 0 saturated carbocycles. The maximum Gasteiger partial charge on any atom is 0.240 e. The summed E-state index contributed by atoms with van der Waals surface area (Å²) in [7, 11) is 0. The van der Waals surface area contributed by atoms with Gasteiger partial charge in [0.25, 0.3) is 0 Å². The van der Waals surface area contributed by atoms with Gasteiger partial charge in [0.15, 0.2) is 5.17 Å². The molecule has 9 heteroatoms. The van der Waals surface area contributed by atoms with Gasteiger partial charge in [-0.1, -0.05) is 46.6 Å². The lowest BCUT2D eigenvalue weighted by Crippen LogP contribution is -2.28. The zero-order valence-electron chi connectivity index (χ0n) is 14.1. The fourth-order valence-electron chi connectivity index (χ4n) is 2.41. The van der Waals surface area contributed by atoms with Crippen LogP contribution < -0.4 is 10.6 Å². The maximum absolute atomic E-state index is 12.3. The first-order valence-electron chi connectivity index (χ1n) is 7.89. The van der Waals surface area contributed by atoms with Crippen LogP contribution in [0.4, 0.5) is 11.4 Å². The van der Waals surface area contributed by atoms with Crippen molar-refractivity contribution in [2.45, 2.75) is 18.6 Å². The van der Waals surface area contributed by atoms with Gasteiger partial charge in [0.1, 0.15) is 5.25 Å². The Kier molecular flexibility index (Phi) is 6.32. The summed E-state index contributed by atoms with van der Waals surface area (Å²) in [5.74, 6) is -0.585. The van der Waals surface area contributed by atoms with Gasteiger partial charge in [-0.15, -0.1) is 0 Å². The molecule has 2 aromatic rings. The molecule has 1 aliphatic rings. The highest BCUT2D eigenvalue weighted by molar-refractivity contribution is 8.15. The third kappa shape index (κ3) is 5.17. The number of anilines is 1. The fraction of sp³-hybridized carbons (Fsp3) is 0.167. The molecule has 0 bridgehead atoms. The number of carbonyl (C=O) groups excluding carboxylic acids is 2. The van der Waals surface area contributed by atoms with Crippen LogP contribution in [0.25, 0.3) is 0 Å². The van der Waals surface area contributed by atoms with Gasteiger partial charge in [0.05, 0.1) is 16.4 Å². The zero-order chi connectivity index (χ0) is 19.6. The molecule has 3 rings (SSSR count). The number of carbonyl (C=O) groups is 2. The quantitative estimate of drug-likeness (QED) is 0.683. The van der Waals surface area contributed by atoms with Gasteiger partial charge in [0, 0.05) is 16.5 Å². The van der Waals surface area contributed by atoms with Crippen molar-refractivity contribution in [3.63, 3.8) is 0 Å². The third-order valence-electron chi connectivity index (χ3n) is 3.73. The monoisotopic (exact) mass is 441 g/mol. The third-order valence-corrected chi connectivity index (χ3v) is 5.60. The molecule has 2 N–H and O–H groups in total. The molecule has 2 amide bonds. The van der Waals surface area contributed by atoms with E-state index in [1.165, 1.54) is 17.8 Å². The average Bonchev–Trinajstić information content (AvgIpc) is 2.92. The summed E-state index contributed by atoms with van der Waals surface area (Å²) >= 11 is 19.0. The van der Waals surface area contributed by atoms with Crippen molar-refractivity contribution in [1.29, 1.82) is 0 Å². The van der Waals surface area contributed by atoms with Crippen molar-refractivity contribution in [2.24, 2.45) is 4.99 Å². The molecule has 5 nitrogen and oxygen atoms in total. The van der Waals surface area contributed by atoms with Gasteiger partial charge in [-0.05, 0) is 48.9 Å². The molecular weight excluding hydrogens is 429 g/mol. The molecule has 2 aromatic carbocycles. The van der Waals surface area contributed by atoms with E-state index in [9.17, 15) is 9.59 Å². The number of aliphatic imine (C=N–C) groups is 1. The summed E-state index contributed by atoms with van der Waals surface area (Å²) in [5, 5.41) is 6.70. The van der Waals surface area contributed by atoms with Gasteiger partial charge in [-0.2, -0.15) is 0 Å². The largest absolute Gasteiger partial charge is 0.325 e. The SMILES string of the molecule is Cc1cc(Cl)ccc1N=C1NC(=O)[C@H](CC(=O)Nc2ccc(Cl)cc2Cl)S1. The van der Waals surface area contributed by atoms with Crippen LogP contribution in [-0.4, -0.2) is 22.2 Å². The summed E-state index contributed by atoms with van der Waals surface area (Å²) in [4.78, 5) is 28.8. The molecule has 27 heavy (non-hydrogen) atoms. The predicted octanol–water partition coefficient (Wildman–Crippen LogP) is 5.20. The number of aryl methyl sites for hydroxylation is 1. The van der Waals surface area contributed by atoms with E-state index >= 15 is 0 Å². The number of amidine groups is 1. The van der Waals surface area contributed by atoms with Crippen molar-refractivity contribution in [2.75, 3.05) is 5.32 Å². The normalized spacial score (nSPS) is 17.9. The number of amides is 2. The van der Waals surface area contributed by atoms with Gasteiger partial charge in [-0.25, -0.2) is 4.99 Å². The maximum atomic E-state index is 12.3. The van der Waals surface area contributed by atoms with E-state index in [2.05, 4.69) is 15.6 Å². The zero-order valence-corrected chi connectivity index (χ0v) is 17.1. The van der Waals surface area contributed by atoms with Crippen LogP contribution >= 0.6 is 46.6 Å². The van der Waals surface area contributed by atoms with Crippen molar-refractivity contribution in [3.8, 4) is 0 Å². The fourth-order valence-corrected chi connectivity index (χ4v) is 4.07. The number of nitrogens with zero attached hydrogens (tertiary/aromatic N) is 1. The van der Waals surface area contributed by atoms with Crippen molar-refractivity contribution in [1.82, 2.24) is 5.32 Å². The molecule has 0 unspecified atom stereocenters. The molecule has 0 radical (unpaired) electrons. The summed E-state index contributed by atoms with van der Waals surface area (Å²) in [6.45, 7) is 1.88. The smallest absolute Gasteiger partial charge is 0.240 e. The van der Waals surface area contributed by atoms with Crippen molar-refractivity contribution in [3.05, 3.63) is 57.0 Å². The van der Waals surface area contributed by atoms with E-state index in [1.54, 1.807) is 30.3 Å². The Hall–Kier alpha value is -1.73.